The zero-order valence-electron chi connectivity index (χ0n) is 13.6. The van der Waals surface area contributed by atoms with Crippen molar-refractivity contribution in [3.8, 4) is 11.8 Å². The SMILES string of the molecule is Cc1ccc(OCc2nc(C#N)c(N3CCC(C)CC3)o2)cc1. The first-order chi connectivity index (χ1) is 11.2. The Morgan fingerprint density at radius 3 is 2.65 bits per heavy atom. The van der Waals surface area contributed by atoms with Crippen LogP contribution >= 0.6 is 0 Å². The van der Waals surface area contributed by atoms with Gasteiger partial charge < -0.3 is 14.1 Å². The highest BCUT2D eigenvalue weighted by Crippen LogP contribution is 2.27. The van der Waals surface area contributed by atoms with Gasteiger partial charge in [0, 0.05) is 13.1 Å². The maximum Gasteiger partial charge on any atom is 0.236 e. The third kappa shape index (κ3) is 3.65. The van der Waals surface area contributed by atoms with E-state index in [1.54, 1.807) is 0 Å². The van der Waals surface area contributed by atoms with Gasteiger partial charge in [-0.3, -0.25) is 0 Å². The summed E-state index contributed by atoms with van der Waals surface area (Å²) in [7, 11) is 0. The Balaban J connectivity index is 1.69. The van der Waals surface area contributed by atoms with Crippen molar-refractivity contribution < 1.29 is 9.15 Å². The summed E-state index contributed by atoms with van der Waals surface area (Å²) in [5.74, 6) is 2.52. The lowest BCUT2D eigenvalue weighted by atomic mass is 9.99. The van der Waals surface area contributed by atoms with E-state index in [-0.39, 0.29) is 6.61 Å². The molecule has 1 aromatic heterocycles. The minimum atomic E-state index is 0.224. The van der Waals surface area contributed by atoms with Crippen LogP contribution in [0.4, 0.5) is 5.88 Å². The van der Waals surface area contributed by atoms with Gasteiger partial charge in [-0.15, -0.1) is 0 Å². The topological polar surface area (TPSA) is 62.3 Å². The van der Waals surface area contributed by atoms with Crippen molar-refractivity contribution >= 4 is 5.88 Å². The molecule has 0 unspecified atom stereocenters. The lowest BCUT2D eigenvalue weighted by Crippen LogP contribution is -2.32. The number of hydrogen-bond acceptors (Lipinski definition) is 5. The summed E-state index contributed by atoms with van der Waals surface area (Å²) in [4.78, 5) is 6.37. The molecular formula is C18H21N3O2. The van der Waals surface area contributed by atoms with E-state index in [1.165, 1.54) is 5.56 Å². The number of nitrogens with zero attached hydrogens (tertiary/aromatic N) is 3. The largest absolute Gasteiger partial charge is 0.484 e. The lowest BCUT2D eigenvalue weighted by Gasteiger charge is -2.29. The number of aryl methyl sites for hydroxylation is 1. The third-order valence-electron chi connectivity index (χ3n) is 4.21. The molecule has 23 heavy (non-hydrogen) atoms. The Morgan fingerprint density at radius 2 is 2.00 bits per heavy atom. The average molecular weight is 311 g/mol. The maximum absolute atomic E-state index is 9.29. The summed E-state index contributed by atoms with van der Waals surface area (Å²) < 4.78 is 11.5. The van der Waals surface area contributed by atoms with Gasteiger partial charge >= 0.3 is 0 Å². The normalized spacial score (nSPS) is 15.4. The Bertz CT molecular complexity index is 692. The van der Waals surface area contributed by atoms with E-state index < -0.39 is 0 Å². The highest BCUT2D eigenvalue weighted by molar-refractivity contribution is 5.48. The molecule has 2 aromatic rings. The Hall–Kier alpha value is -2.48. The standard InChI is InChI=1S/C18H21N3O2/c1-13-3-5-15(6-4-13)22-12-17-20-16(11-19)18(23-17)21-9-7-14(2)8-10-21/h3-6,14H,7-10,12H2,1-2H3. The zero-order valence-corrected chi connectivity index (χ0v) is 13.6. The Kier molecular flexibility index (Phi) is 4.52. The van der Waals surface area contributed by atoms with Gasteiger partial charge in [-0.05, 0) is 37.8 Å². The molecule has 0 atom stereocenters. The summed E-state index contributed by atoms with van der Waals surface area (Å²) in [6, 6.07) is 9.94. The second-order valence-electron chi connectivity index (χ2n) is 6.14. The summed E-state index contributed by atoms with van der Waals surface area (Å²) in [5, 5.41) is 9.29. The maximum atomic E-state index is 9.29. The van der Waals surface area contributed by atoms with E-state index in [0.29, 0.717) is 17.5 Å². The highest BCUT2D eigenvalue weighted by atomic mass is 16.5. The van der Waals surface area contributed by atoms with Crippen molar-refractivity contribution in [3.63, 3.8) is 0 Å². The Labute approximate surface area is 136 Å². The van der Waals surface area contributed by atoms with Gasteiger partial charge in [-0.25, -0.2) is 0 Å². The van der Waals surface area contributed by atoms with E-state index in [9.17, 15) is 5.26 Å². The molecule has 1 aliphatic rings. The van der Waals surface area contributed by atoms with Crippen molar-refractivity contribution in [3.05, 3.63) is 41.4 Å². The number of ether oxygens (including phenoxy) is 1. The fraction of sp³-hybridized carbons (Fsp3) is 0.444. The Morgan fingerprint density at radius 1 is 1.30 bits per heavy atom. The van der Waals surface area contributed by atoms with Crippen LogP contribution in [0, 0.1) is 24.2 Å². The fourth-order valence-corrected chi connectivity index (χ4v) is 2.70. The smallest absolute Gasteiger partial charge is 0.236 e. The van der Waals surface area contributed by atoms with Crippen LogP contribution in [0.15, 0.2) is 28.7 Å². The number of piperidine rings is 1. The minimum absolute atomic E-state index is 0.224. The first kappa shape index (κ1) is 15.4. The van der Waals surface area contributed by atoms with E-state index in [1.807, 2.05) is 31.2 Å². The second kappa shape index (κ2) is 6.74. The molecule has 1 fully saturated rings. The van der Waals surface area contributed by atoms with E-state index in [2.05, 4.69) is 22.9 Å². The van der Waals surface area contributed by atoms with Gasteiger partial charge in [0.15, 0.2) is 6.61 Å². The van der Waals surface area contributed by atoms with Crippen LogP contribution in [0.5, 0.6) is 5.75 Å². The van der Waals surface area contributed by atoms with Crippen LogP contribution in [-0.2, 0) is 6.61 Å². The lowest BCUT2D eigenvalue weighted by molar-refractivity contribution is 0.262. The molecule has 0 radical (unpaired) electrons. The van der Waals surface area contributed by atoms with Gasteiger partial charge in [0.25, 0.3) is 0 Å². The van der Waals surface area contributed by atoms with E-state index in [4.69, 9.17) is 9.15 Å². The average Bonchev–Trinajstić information content (AvgIpc) is 2.98. The number of nitriles is 1. The van der Waals surface area contributed by atoms with Crippen molar-refractivity contribution in [2.45, 2.75) is 33.3 Å². The van der Waals surface area contributed by atoms with Crippen molar-refractivity contribution in [2.24, 2.45) is 5.92 Å². The molecule has 0 spiro atoms. The molecule has 0 N–H and O–H groups in total. The number of aromatic nitrogens is 1. The number of hydrogen-bond donors (Lipinski definition) is 0. The number of oxazole rings is 1. The van der Waals surface area contributed by atoms with Gasteiger partial charge in [-0.2, -0.15) is 10.2 Å². The third-order valence-corrected chi connectivity index (χ3v) is 4.21. The summed E-state index contributed by atoms with van der Waals surface area (Å²) >= 11 is 0. The van der Waals surface area contributed by atoms with Crippen LogP contribution in [0.2, 0.25) is 0 Å². The second-order valence-corrected chi connectivity index (χ2v) is 6.14. The molecule has 0 saturated carbocycles. The number of anilines is 1. The van der Waals surface area contributed by atoms with Crippen LogP contribution < -0.4 is 9.64 Å². The zero-order chi connectivity index (χ0) is 16.2. The van der Waals surface area contributed by atoms with Crippen LogP contribution in [0.1, 0.15) is 36.9 Å². The molecule has 2 heterocycles. The van der Waals surface area contributed by atoms with Gasteiger partial charge in [-0.1, -0.05) is 24.6 Å². The number of rotatable bonds is 4. The first-order valence-corrected chi connectivity index (χ1v) is 8.00. The molecule has 1 aliphatic heterocycles. The summed E-state index contributed by atoms with van der Waals surface area (Å²) in [6.07, 6.45) is 2.22. The highest BCUT2D eigenvalue weighted by Gasteiger charge is 2.23. The fourth-order valence-electron chi connectivity index (χ4n) is 2.70. The molecule has 1 aromatic carbocycles. The summed E-state index contributed by atoms with van der Waals surface area (Å²) in [5.41, 5.74) is 1.53. The van der Waals surface area contributed by atoms with Gasteiger partial charge in [0.05, 0.1) is 0 Å². The monoisotopic (exact) mass is 311 g/mol. The molecule has 5 nitrogen and oxygen atoms in total. The quantitative estimate of drug-likeness (QED) is 0.862. The predicted molar refractivity (Wildman–Crippen MR) is 87.3 cm³/mol. The molecule has 0 aliphatic carbocycles. The van der Waals surface area contributed by atoms with Gasteiger partial charge in [0.1, 0.15) is 11.8 Å². The molecule has 0 bridgehead atoms. The summed E-state index contributed by atoms with van der Waals surface area (Å²) in [6.45, 7) is 6.32. The molecule has 5 heteroatoms. The van der Waals surface area contributed by atoms with E-state index >= 15 is 0 Å². The van der Waals surface area contributed by atoms with E-state index in [0.717, 1.165) is 37.6 Å². The van der Waals surface area contributed by atoms with Crippen LogP contribution in [-0.4, -0.2) is 18.1 Å². The van der Waals surface area contributed by atoms with Gasteiger partial charge in [0.2, 0.25) is 17.5 Å². The van der Waals surface area contributed by atoms with Crippen molar-refractivity contribution in [1.29, 1.82) is 5.26 Å². The van der Waals surface area contributed by atoms with Crippen LogP contribution in [0.25, 0.3) is 0 Å². The predicted octanol–water partition coefficient (Wildman–Crippen LogP) is 3.67. The van der Waals surface area contributed by atoms with Crippen molar-refractivity contribution in [2.75, 3.05) is 18.0 Å². The first-order valence-electron chi connectivity index (χ1n) is 8.00. The van der Waals surface area contributed by atoms with Crippen LogP contribution in [0.3, 0.4) is 0 Å². The van der Waals surface area contributed by atoms with Crippen molar-refractivity contribution in [1.82, 2.24) is 4.98 Å². The molecule has 0 amide bonds. The molecule has 120 valence electrons. The minimum Gasteiger partial charge on any atom is -0.484 e. The molecule has 1 saturated heterocycles. The molecule has 3 rings (SSSR count). The number of benzene rings is 1. The molecular weight excluding hydrogens is 290 g/mol.